The van der Waals surface area contributed by atoms with Crippen LogP contribution < -0.4 is 10.4 Å². The van der Waals surface area contributed by atoms with Crippen molar-refractivity contribution in [3.63, 3.8) is 0 Å². The Morgan fingerprint density at radius 2 is 1.07 bits per heavy atom. The number of rotatable bonds is 14. The van der Waals surface area contributed by atoms with Crippen molar-refractivity contribution in [2.45, 2.75) is 76.2 Å². The zero-order chi connectivity index (χ0) is 21.9. The third-order valence-electron chi connectivity index (χ3n) is 6.72. The molecule has 0 radical (unpaired) electrons. The van der Waals surface area contributed by atoms with Crippen LogP contribution in [0.5, 0.6) is 0 Å². The minimum absolute atomic E-state index is 0.00932. The smallest absolute Gasteiger partial charge is 0.112 e. The van der Waals surface area contributed by atoms with Gasteiger partial charge in [0.1, 0.15) is 11.2 Å². The van der Waals surface area contributed by atoms with Crippen LogP contribution >= 0.6 is 0 Å². The Kier molecular flexibility index (Phi) is 7.68. The molecule has 2 aliphatic heterocycles. The molecule has 0 amide bonds. The molecule has 0 spiro atoms. The summed E-state index contributed by atoms with van der Waals surface area (Å²) in [6.45, 7) is 19.0. The lowest BCUT2D eigenvalue weighted by Crippen LogP contribution is -2.45. The Hall–Kier alpha value is -0.506. The molecular formula is C24H42O4Si2. The summed E-state index contributed by atoms with van der Waals surface area (Å²) >= 11 is 0. The monoisotopic (exact) mass is 450 g/mol. The SMILES string of the molecule is CC1(COCCC[Si](C)(C)c2ccc([Si](C)(C)CCCOCC3(C)CO3)cc2)CO1. The van der Waals surface area contributed by atoms with E-state index < -0.39 is 16.1 Å². The molecule has 2 heterocycles. The molecule has 170 valence electrons. The highest BCUT2D eigenvalue weighted by Crippen LogP contribution is 2.26. The summed E-state index contributed by atoms with van der Waals surface area (Å²) < 4.78 is 22.4. The highest BCUT2D eigenvalue weighted by Gasteiger charge is 2.40. The van der Waals surface area contributed by atoms with E-state index in [9.17, 15) is 0 Å². The van der Waals surface area contributed by atoms with Crippen molar-refractivity contribution in [2.75, 3.05) is 39.6 Å². The maximum Gasteiger partial charge on any atom is 0.112 e. The summed E-state index contributed by atoms with van der Waals surface area (Å²) in [5.41, 5.74) is 0.0186. The van der Waals surface area contributed by atoms with E-state index in [0.29, 0.717) is 0 Å². The van der Waals surface area contributed by atoms with Gasteiger partial charge in [0.2, 0.25) is 0 Å². The summed E-state index contributed by atoms with van der Waals surface area (Å²) in [4.78, 5) is 0. The Labute approximate surface area is 185 Å². The van der Waals surface area contributed by atoms with Gasteiger partial charge in [-0.05, 0) is 26.7 Å². The molecule has 1 aromatic rings. The average Bonchev–Trinajstić information content (AvgIpc) is 3.61. The van der Waals surface area contributed by atoms with E-state index in [1.807, 2.05) is 0 Å². The second-order valence-electron chi connectivity index (χ2n) is 11.1. The van der Waals surface area contributed by atoms with Crippen LogP contribution in [0.3, 0.4) is 0 Å². The summed E-state index contributed by atoms with van der Waals surface area (Å²) in [5, 5.41) is 3.13. The lowest BCUT2D eigenvalue weighted by atomic mass is 10.2. The molecule has 0 aromatic heterocycles. The molecule has 2 fully saturated rings. The third kappa shape index (κ3) is 7.28. The lowest BCUT2D eigenvalue weighted by molar-refractivity contribution is 0.0857. The fourth-order valence-electron chi connectivity index (χ4n) is 3.88. The normalized spacial score (nSPS) is 26.1. The van der Waals surface area contributed by atoms with E-state index >= 15 is 0 Å². The van der Waals surface area contributed by atoms with Gasteiger partial charge in [-0.1, -0.05) is 72.9 Å². The highest BCUT2D eigenvalue weighted by molar-refractivity contribution is 6.91. The van der Waals surface area contributed by atoms with Gasteiger partial charge >= 0.3 is 0 Å². The van der Waals surface area contributed by atoms with Crippen molar-refractivity contribution in [3.05, 3.63) is 24.3 Å². The average molecular weight is 451 g/mol. The summed E-state index contributed by atoms with van der Waals surface area (Å²) in [7, 11) is -2.84. The molecule has 0 saturated carbocycles. The molecule has 2 saturated heterocycles. The largest absolute Gasteiger partial charge is 0.378 e. The number of epoxide rings is 2. The van der Waals surface area contributed by atoms with Crippen LogP contribution in [0.15, 0.2) is 24.3 Å². The molecule has 2 unspecified atom stereocenters. The Morgan fingerprint density at radius 1 is 0.733 bits per heavy atom. The van der Waals surface area contributed by atoms with Crippen molar-refractivity contribution in [1.82, 2.24) is 0 Å². The first kappa shape index (κ1) is 24.1. The maximum atomic E-state index is 5.82. The van der Waals surface area contributed by atoms with E-state index in [-0.39, 0.29) is 11.2 Å². The molecule has 2 atom stereocenters. The van der Waals surface area contributed by atoms with Crippen LogP contribution in [-0.4, -0.2) is 67.0 Å². The predicted octanol–water partition coefficient (Wildman–Crippen LogP) is 3.91. The summed E-state index contributed by atoms with van der Waals surface area (Å²) in [5.74, 6) is 0. The zero-order valence-corrected chi connectivity index (χ0v) is 22.0. The lowest BCUT2D eigenvalue weighted by Gasteiger charge is -2.26. The van der Waals surface area contributed by atoms with E-state index in [2.05, 4.69) is 64.3 Å². The quantitative estimate of drug-likeness (QED) is 0.245. The number of hydrogen-bond donors (Lipinski definition) is 0. The maximum absolute atomic E-state index is 5.82. The van der Waals surface area contributed by atoms with Crippen LogP contribution in [0.4, 0.5) is 0 Å². The van der Waals surface area contributed by atoms with Crippen LogP contribution in [0, 0.1) is 0 Å². The molecule has 4 nitrogen and oxygen atoms in total. The Balaban J connectivity index is 1.40. The number of ether oxygens (including phenoxy) is 4. The van der Waals surface area contributed by atoms with Gasteiger partial charge in [-0.2, -0.15) is 0 Å². The van der Waals surface area contributed by atoms with Crippen molar-refractivity contribution in [3.8, 4) is 0 Å². The zero-order valence-electron chi connectivity index (χ0n) is 20.0. The first-order valence-corrected chi connectivity index (χ1v) is 18.0. The van der Waals surface area contributed by atoms with Crippen molar-refractivity contribution >= 4 is 26.5 Å². The first-order chi connectivity index (χ1) is 14.0. The van der Waals surface area contributed by atoms with Crippen LogP contribution in [-0.2, 0) is 18.9 Å². The topological polar surface area (TPSA) is 43.5 Å². The van der Waals surface area contributed by atoms with Gasteiger partial charge in [0.15, 0.2) is 0 Å². The van der Waals surface area contributed by atoms with E-state index in [1.54, 1.807) is 10.4 Å². The summed E-state index contributed by atoms with van der Waals surface area (Å²) in [6.07, 6.45) is 2.28. The van der Waals surface area contributed by atoms with Crippen LogP contribution in [0.25, 0.3) is 0 Å². The van der Waals surface area contributed by atoms with Gasteiger partial charge < -0.3 is 18.9 Å². The van der Waals surface area contributed by atoms with Crippen LogP contribution in [0.2, 0.25) is 38.3 Å². The van der Waals surface area contributed by atoms with Crippen molar-refractivity contribution in [1.29, 1.82) is 0 Å². The number of hydrogen-bond acceptors (Lipinski definition) is 4. The predicted molar refractivity (Wildman–Crippen MR) is 130 cm³/mol. The van der Waals surface area contributed by atoms with Gasteiger partial charge in [-0.3, -0.25) is 0 Å². The van der Waals surface area contributed by atoms with Gasteiger partial charge in [0, 0.05) is 13.2 Å². The third-order valence-corrected chi connectivity index (χ3v) is 13.7. The summed E-state index contributed by atoms with van der Waals surface area (Å²) in [6, 6.07) is 12.2. The second kappa shape index (κ2) is 9.55. The fourth-order valence-corrected chi connectivity index (χ4v) is 8.65. The van der Waals surface area contributed by atoms with E-state index in [1.165, 1.54) is 12.1 Å². The van der Waals surface area contributed by atoms with Crippen molar-refractivity contribution in [2.24, 2.45) is 0 Å². The van der Waals surface area contributed by atoms with Crippen molar-refractivity contribution < 1.29 is 18.9 Å². The molecule has 3 rings (SSSR count). The molecule has 1 aromatic carbocycles. The Bertz CT molecular complexity index is 620. The molecule has 30 heavy (non-hydrogen) atoms. The molecule has 2 aliphatic rings. The molecule has 0 N–H and O–H groups in total. The van der Waals surface area contributed by atoms with E-state index in [0.717, 1.165) is 52.5 Å². The van der Waals surface area contributed by atoms with Gasteiger partial charge in [0.05, 0.1) is 42.6 Å². The highest BCUT2D eigenvalue weighted by atomic mass is 28.3. The fraction of sp³-hybridized carbons (Fsp3) is 0.750. The van der Waals surface area contributed by atoms with Gasteiger partial charge in [0.25, 0.3) is 0 Å². The van der Waals surface area contributed by atoms with Crippen LogP contribution in [0.1, 0.15) is 26.7 Å². The van der Waals surface area contributed by atoms with Gasteiger partial charge in [-0.25, -0.2) is 0 Å². The molecular weight excluding hydrogens is 408 g/mol. The van der Waals surface area contributed by atoms with Gasteiger partial charge in [-0.15, -0.1) is 0 Å². The minimum Gasteiger partial charge on any atom is -0.378 e. The molecule has 6 heteroatoms. The van der Waals surface area contributed by atoms with E-state index in [4.69, 9.17) is 18.9 Å². The molecule has 0 bridgehead atoms. The first-order valence-electron chi connectivity index (χ1n) is 11.6. The second-order valence-corrected chi connectivity index (χ2v) is 20.8. The number of benzene rings is 1. The molecule has 0 aliphatic carbocycles. The standard InChI is InChI=1S/C24H42O4Si2/c1-23(19-27-23)17-25-13-7-15-29(3,4)21-9-11-22(12-10-21)30(5,6)16-8-14-26-18-24(2)20-28-24/h9-12H,7-8,13-20H2,1-6H3. The Morgan fingerprint density at radius 3 is 1.37 bits per heavy atom. The minimum atomic E-state index is -1.42.